The van der Waals surface area contributed by atoms with E-state index in [1.807, 2.05) is 20.1 Å². The zero-order chi connectivity index (χ0) is 19.6. The van der Waals surface area contributed by atoms with Crippen LogP contribution in [0.5, 0.6) is 0 Å². The summed E-state index contributed by atoms with van der Waals surface area (Å²) in [6.45, 7) is 4.54. The van der Waals surface area contributed by atoms with Gasteiger partial charge in [-0.1, -0.05) is 29.0 Å². The summed E-state index contributed by atoms with van der Waals surface area (Å²) >= 11 is 3.08. The van der Waals surface area contributed by atoms with Crippen molar-refractivity contribution < 1.29 is 13.2 Å². The van der Waals surface area contributed by atoms with Crippen LogP contribution < -0.4 is 5.32 Å². The number of hydrogen-bond acceptors (Lipinski definition) is 6. The second-order valence-electron chi connectivity index (χ2n) is 6.58. The Bertz CT molecular complexity index is 915. The van der Waals surface area contributed by atoms with Crippen molar-refractivity contribution in [3.8, 4) is 0 Å². The molecule has 0 atom stereocenters. The number of carbonyl (C=O) groups is 1. The minimum Gasteiger partial charge on any atom is -0.302 e. The maximum Gasteiger partial charge on any atom is 0.243 e. The Labute approximate surface area is 168 Å². The summed E-state index contributed by atoms with van der Waals surface area (Å²) < 4.78 is 28.1. The highest BCUT2D eigenvalue weighted by molar-refractivity contribution is 8.00. The van der Waals surface area contributed by atoms with Gasteiger partial charge in [-0.3, -0.25) is 4.79 Å². The van der Waals surface area contributed by atoms with Gasteiger partial charge < -0.3 is 5.32 Å². The first-order valence-corrected chi connectivity index (χ1v) is 12.2. The molecule has 1 aliphatic rings. The first-order chi connectivity index (χ1) is 12.8. The number of amides is 1. The van der Waals surface area contributed by atoms with Gasteiger partial charge in [0.05, 0.1) is 14.8 Å². The zero-order valence-corrected chi connectivity index (χ0v) is 18.0. The average Bonchev–Trinajstić information content (AvgIpc) is 3.01. The Balaban J connectivity index is 1.60. The Hall–Kier alpha value is -1.42. The molecule has 1 saturated heterocycles. The quantitative estimate of drug-likeness (QED) is 0.742. The van der Waals surface area contributed by atoms with Crippen molar-refractivity contribution in [1.29, 1.82) is 0 Å². The van der Waals surface area contributed by atoms with E-state index in [1.165, 1.54) is 15.6 Å². The first-order valence-electron chi connectivity index (χ1n) is 8.70. The number of benzene rings is 1. The normalized spacial score (nSPS) is 16.4. The number of nitrogens with zero attached hydrogens (tertiary/aromatic N) is 2. The molecule has 3 rings (SSSR count). The number of aryl methyl sites for hydroxylation is 2. The molecule has 6 nitrogen and oxygen atoms in total. The van der Waals surface area contributed by atoms with Crippen molar-refractivity contribution in [3.05, 3.63) is 35.5 Å². The number of anilines is 1. The highest BCUT2D eigenvalue weighted by Gasteiger charge is 2.32. The van der Waals surface area contributed by atoms with E-state index >= 15 is 0 Å². The van der Waals surface area contributed by atoms with Gasteiger partial charge in [0.15, 0.2) is 5.13 Å². The third kappa shape index (κ3) is 4.53. The molecular weight excluding hydrogens is 402 g/mol. The smallest absolute Gasteiger partial charge is 0.243 e. The maximum absolute atomic E-state index is 12.8. The Morgan fingerprint density at radius 3 is 2.41 bits per heavy atom. The number of hydrogen-bond donors (Lipinski definition) is 1. The lowest BCUT2D eigenvalue weighted by atomic mass is 9.97. The fraction of sp³-hybridized carbons (Fsp3) is 0.444. The largest absolute Gasteiger partial charge is 0.302 e. The van der Waals surface area contributed by atoms with E-state index in [2.05, 4.69) is 10.3 Å². The molecule has 1 fully saturated rings. The van der Waals surface area contributed by atoms with Crippen LogP contribution >= 0.6 is 23.1 Å². The predicted octanol–water partition coefficient (Wildman–Crippen LogP) is 3.52. The van der Waals surface area contributed by atoms with Crippen molar-refractivity contribution in [2.75, 3.05) is 24.7 Å². The molecule has 9 heteroatoms. The van der Waals surface area contributed by atoms with E-state index in [-0.39, 0.29) is 11.8 Å². The van der Waals surface area contributed by atoms with Crippen LogP contribution in [0.25, 0.3) is 0 Å². The molecule has 0 aliphatic carbocycles. The molecule has 1 aliphatic heterocycles. The van der Waals surface area contributed by atoms with E-state index in [9.17, 15) is 13.2 Å². The topological polar surface area (TPSA) is 79.4 Å². The molecule has 0 bridgehead atoms. The zero-order valence-electron chi connectivity index (χ0n) is 15.6. The molecule has 1 amide bonds. The van der Waals surface area contributed by atoms with Crippen molar-refractivity contribution >= 4 is 44.2 Å². The Morgan fingerprint density at radius 1 is 1.22 bits per heavy atom. The highest BCUT2D eigenvalue weighted by atomic mass is 32.2. The van der Waals surface area contributed by atoms with Crippen LogP contribution in [0, 0.1) is 19.8 Å². The van der Waals surface area contributed by atoms with Crippen molar-refractivity contribution in [3.63, 3.8) is 0 Å². The van der Waals surface area contributed by atoms with Gasteiger partial charge in [-0.15, -0.1) is 11.8 Å². The highest BCUT2D eigenvalue weighted by Crippen LogP contribution is 2.31. The summed E-state index contributed by atoms with van der Waals surface area (Å²) in [5.41, 5.74) is 1.94. The first kappa shape index (κ1) is 20.3. The molecule has 146 valence electrons. The minimum atomic E-state index is -3.50. The molecule has 2 heterocycles. The molecule has 0 unspecified atom stereocenters. The van der Waals surface area contributed by atoms with Crippen LogP contribution in [0.15, 0.2) is 33.4 Å². The molecule has 0 spiro atoms. The number of carbonyl (C=O) groups excluding carboxylic acids is 1. The van der Waals surface area contributed by atoms with Crippen molar-refractivity contribution in [2.24, 2.45) is 5.92 Å². The lowest BCUT2D eigenvalue weighted by molar-refractivity contribution is -0.120. The van der Waals surface area contributed by atoms with Crippen LogP contribution in [0.1, 0.15) is 24.1 Å². The van der Waals surface area contributed by atoms with Crippen LogP contribution in [-0.2, 0) is 14.8 Å². The van der Waals surface area contributed by atoms with Crippen LogP contribution in [0.2, 0.25) is 0 Å². The summed E-state index contributed by atoms with van der Waals surface area (Å²) in [6.07, 6.45) is 3.00. The van der Waals surface area contributed by atoms with Crippen LogP contribution in [0.3, 0.4) is 0 Å². The van der Waals surface area contributed by atoms with E-state index < -0.39 is 10.0 Å². The molecular formula is C18H23N3O3S3. The van der Waals surface area contributed by atoms with Gasteiger partial charge in [0.2, 0.25) is 15.9 Å². The van der Waals surface area contributed by atoms with Crippen LogP contribution in [0.4, 0.5) is 5.13 Å². The van der Waals surface area contributed by atoms with E-state index in [0.29, 0.717) is 36.0 Å². The summed E-state index contributed by atoms with van der Waals surface area (Å²) in [5.74, 6) is -0.278. The van der Waals surface area contributed by atoms with E-state index in [4.69, 9.17) is 0 Å². The van der Waals surface area contributed by atoms with Gasteiger partial charge in [-0.05, 0) is 45.1 Å². The number of piperidine rings is 1. The van der Waals surface area contributed by atoms with Crippen LogP contribution in [-0.4, -0.2) is 43.0 Å². The lowest BCUT2D eigenvalue weighted by Gasteiger charge is -2.30. The van der Waals surface area contributed by atoms with Gasteiger partial charge in [-0.25, -0.2) is 13.4 Å². The molecule has 0 radical (unpaired) electrons. The second kappa shape index (κ2) is 8.30. The van der Waals surface area contributed by atoms with Gasteiger partial charge >= 0.3 is 0 Å². The average molecular weight is 426 g/mol. The third-order valence-corrected chi connectivity index (χ3v) is 8.85. The lowest BCUT2D eigenvalue weighted by Crippen LogP contribution is -2.41. The molecule has 1 aromatic carbocycles. The second-order valence-corrected chi connectivity index (χ2v) is 10.6. The van der Waals surface area contributed by atoms with Gasteiger partial charge in [0, 0.05) is 19.0 Å². The van der Waals surface area contributed by atoms with Gasteiger partial charge in [-0.2, -0.15) is 4.31 Å². The van der Waals surface area contributed by atoms with Gasteiger partial charge in [0.1, 0.15) is 0 Å². The summed E-state index contributed by atoms with van der Waals surface area (Å²) in [5, 5.41) is 3.49. The Morgan fingerprint density at radius 2 is 1.85 bits per heavy atom. The number of aromatic nitrogens is 1. The predicted molar refractivity (Wildman–Crippen MR) is 110 cm³/mol. The summed E-state index contributed by atoms with van der Waals surface area (Å²) in [6, 6.07) is 6.87. The van der Waals surface area contributed by atoms with E-state index in [1.54, 1.807) is 36.0 Å². The SMILES string of the molecule is CSc1sc(NC(=O)C2CCN(S(=O)(=O)c3ccc(C)cc3)CC2)nc1C. The standard InChI is InChI=1S/C18H23N3O3S3/c1-12-4-6-15(7-5-12)27(23,24)21-10-8-14(9-11-21)16(22)20-18-19-13(2)17(25-3)26-18/h4-7,14H,8-11H2,1-3H3,(H,19,20,22). The number of thioether (sulfide) groups is 1. The molecule has 1 aromatic heterocycles. The number of rotatable bonds is 5. The monoisotopic (exact) mass is 425 g/mol. The number of thiazole rings is 1. The maximum atomic E-state index is 12.8. The molecule has 0 saturated carbocycles. The summed E-state index contributed by atoms with van der Waals surface area (Å²) in [4.78, 5) is 17.2. The van der Waals surface area contributed by atoms with Gasteiger partial charge in [0.25, 0.3) is 0 Å². The fourth-order valence-electron chi connectivity index (χ4n) is 3.05. The number of sulfonamides is 1. The molecule has 1 N–H and O–H groups in total. The Kier molecular flexibility index (Phi) is 6.25. The summed E-state index contributed by atoms with van der Waals surface area (Å²) in [7, 11) is -3.50. The minimum absolute atomic E-state index is 0.0798. The fourth-order valence-corrected chi connectivity index (χ4v) is 6.13. The van der Waals surface area contributed by atoms with Crippen molar-refractivity contribution in [1.82, 2.24) is 9.29 Å². The third-order valence-electron chi connectivity index (χ3n) is 4.65. The number of nitrogens with one attached hydrogen (secondary N) is 1. The van der Waals surface area contributed by atoms with E-state index in [0.717, 1.165) is 15.5 Å². The molecule has 27 heavy (non-hydrogen) atoms. The molecule has 2 aromatic rings. The van der Waals surface area contributed by atoms with Crippen molar-refractivity contribution in [2.45, 2.75) is 35.8 Å².